The number of hydrogen-bond acceptors (Lipinski definition) is 3. The highest BCUT2D eigenvalue weighted by atomic mass is 16.3. The first kappa shape index (κ1) is 9.80. The van der Waals surface area contributed by atoms with Crippen LogP contribution in [0.3, 0.4) is 0 Å². The molecule has 76 valence electrons. The Morgan fingerprint density at radius 3 is 2.53 bits per heavy atom. The normalized spacial score (nSPS) is 12.4. The summed E-state index contributed by atoms with van der Waals surface area (Å²) in [6.07, 6.45) is 2.61. The monoisotopic (exact) mass is 200 g/mol. The van der Waals surface area contributed by atoms with Crippen molar-refractivity contribution in [2.45, 2.75) is 13.0 Å². The van der Waals surface area contributed by atoms with Crippen LogP contribution in [0.4, 0.5) is 0 Å². The molecule has 0 radical (unpaired) electrons. The molecule has 2 aromatic heterocycles. The molecule has 0 spiro atoms. The minimum atomic E-state index is -0.744. The molecular formula is C12H12N2O. The Labute approximate surface area is 88.5 Å². The highest BCUT2D eigenvalue weighted by Gasteiger charge is 2.12. The fraction of sp³-hybridized carbons (Fsp3) is 0.167. The highest BCUT2D eigenvalue weighted by molar-refractivity contribution is 5.22. The molecule has 3 nitrogen and oxygen atoms in total. The standard InChI is InChI=1S/C12H12N2O/c1-9-5-7-14-11(8-9)12(15)10-4-2-3-6-13-10/h2-8,12,15H,1H3. The Kier molecular flexibility index (Phi) is 2.74. The number of hydrogen-bond donors (Lipinski definition) is 1. The van der Waals surface area contributed by atoms with Gasteiger partial charge in [-0.1, -0.05) is 6.07 Å². The van der Waals surface area contributed by atoms with E-state index in [4.69, 9.17) is 0 Å². The summed E-state index contributed by atoms with van der Waals surface area (Å²) in [6, 6.07) is 9.21. The first-order chi connectivity index (χ1) is 7.27. The minimum Gasteiger partial charge on any atom is -0.380 e. The van der Waals surface area contributed by atoms with Gasteiger partial charge < -0.3 is 5.11 Å². The molecule has 2 aromatic rings. The number of pyridine rings is 2. The van der Waals surface area contributed by atoms with Crippen LogP contribution in [0.25, 0.3) is 0 Å². The van der Waals surface area contributed by atoms with Gasteiger partial charge in [-0.25, -0.2) is 0 Å². The number of nitrogens with zero attached hydrogens (tertiary/aromatic N) is 2. The second-order valence-corrected chi connectivity index (χ2v) is 3.42. The highest BCUT2D eigenvalue weighted by Crippen LogP contribution is 2.17. The lowest BCUT2D eigenvalue weighted by molar-refractivity contribution is 0.210. The first-order valence-corrected chi connectivity index (χ1v) is 4.79. The summed E-state index contributed by atoms with van der Waals surface area (Å²) in [5.41, 5.74) is 2.33. The van der Waals surface area contributed by atoms with Gasteiger partial charge in [-0.05, 0) is 36.8 Å². The van der Waals surface area contributed by atoms with Crippen molar-refractivity contribution in [2.24, 2.45) is 0 Å². The van der Waals surface area contributed by atoms with Crippen molar-refractivity contribution in [1.29, 1.82) is 0 Å². The van der Waals surface area contributed by atoms with Crippen molar-refractivity contribution >= 4 is 0 Å². The molecule has 0 saturated heterocycles. The fourth-order valence-corrected chi connectivity index (χ4v) is 1.40. The smallest absolute Gasteiger partial charge is 0.138 e. The maximum Gasteiger partial charge on any atom is 0.138 e. The van der Waals surface area contributed by atoms with E-state index >= 15 is 0 Å². The Morgan fingerprint density at radius 1 is 1.07 bits per heavy atom. The van der Waals surface area contributed by atoms with Gasteiger partial charge in [0.1, 0.15) is 6.10 Å². The maximum absolute atomic E-state index is 9.99. The van der Waals surface area contributed by atoms with Gasteiger partial charge in [0, 0.05) is 12.4 Å². The Bertz CT molecular complexity index is 442. The van der Waals surface area contributed by atoms with E-state index in [0.717, 1.165) is 5.56 Å². The molecule has 15 heavy (non-hydrogen) atoms. The van der Waals surface area contributed by atoms with Gasteiger partial charge in [0.2, 0.25) is 0 Å². The van der Waals surface area contributed by atoms with E-state index in [1.165, 1.54) is 0 Å². The molecule has 0 bridgehead atoms. The number of aryl methyl sites for hydroxylation is 1. The Balaban J connectivity index is 2.32. The molecule has 2 rings (SSSR count). The lowest BCUT2D eigenvalue weighted by Gasteiger charge is -2.09. The predicted octanol–water partition coefficient (Wildman–Crippen LogP) is 1.87. The number of aliphatic hydroxyl groups is 1. The van der Waals surface area contributed by atoms with E-state index in [2.05, 4.69) is 9.97 Å². The molecular weight excluding hydrogens is 188 g/mol. The SMILES string of the molecule is Cc1ccnc(C(O)c2ccccn2)c1. The van der Waals surface area contributed by atoms with Crippen LogP contribution in [-0.4, -0.2) is 15.1 Å². The van der Waals surface area contributed by atoms with E-state index in [0.29, 0.717) is 11.4 Å². The van der Waals surface area contributed by atoms with Crippen LogP contribution >= 0.6 is 0 Å². The van der Waals surface area contributed by atoms with Crippen LogP contribution in [0, 0.1) is 6.92 Å². The van der Waals surface area contributed by atoms with Gasteiger partial charge in [-0.15, -0.1) is 0 Å². The molecule has 1 atom stereocenters. The number of rotatable bonds is 2. The topological polar surface area (TPSA) is 46.0 Å². The van der Waals surface area contributed by atoms with Crippen LogP contribution < -0.4 is 0 Å². The van der Waals surface area contributed by atoms with Crippen molar-refractivity contribution in [2.75, 3.05) is 0 Å². The molecule has 0 saturated carbocycles. The van der Waals surface area contributed by atoms with Gasteiger partial charge >= 0.3 is 0 Å². The van der Waals surface area contributed by atoms with E-state index in [1.807, 2.05) is 31.2 Å². The third-order valence-corrected chi connectivity index (χ3v) is 2.18. The van der Waals surface area contributed by atoms with Crippen molar-refractivity contribution in [1.82, 2.24) is 9.97 Å². The van der Waals surface area contributed by atoms with Crippen LogP contribution in [0.15, 0.2) is 42.7 Å². The third kappa shape index (κ3) is 2.19. The Morgan fingerprint density at radius 2 is 1.87 bits per heavy atom. The average molecular weight is 200 g/mol. The van der Waals surface area contributed by atoms with Crippen LogP contribution in [0.2, 0.25) is 0 Å². The summed E-state index contributed by atoms with van der Waals surface area (Å²) in [5.74, 6) is 0. The molecule has 1 unspecified atom stereocenters. The molecule has 0 aliphatic rings. The summed E-state index contributed by atoms with van der Waals surface area (Å²) < 4.78 is 0. The average Bonchev–Trinajstić information content (AvgIpc) is 2.29. The second-order valence-electron chi connectivity index (χ2n) is 3.42. The van der Waals surface area contributed by atoms with Crippen molar-refractivity contribution in [3.05, 3.63) is 59.7 Å². The van der Waals surface area contributed by atoms with Crippen LogP contribution in [0.5, 0.6) is 0 Å². The summed E-state index contributed by atoms with van der Waals surface area (Å²) in [4.78, 5) is 8.22. The summed E-state index contributed by atoms with van der Waals surface area (Å²) >= 11 is 0. The zero-order valence-corrected chi connectivity index (χ0v) is 8.46. The zero-order valence-electron chi connectivity index (χ0n) is 8.46. The molecule has 2 heterocycles. The van der Waals surface area contributed by atoms with Crippen molar-refractivity contribution in [3.63, 3.8) is 0 Å². The van der Waals surface area contributed by atoms with E-state index in [9.17, 15) is 5.11 Å². The van der Waals surface area contributed by atoms with E-state index < -0.39 is 6.10 Å². The molecule has 0 aromatic carbocycles. The molecule has 0 aliphatic carbocycles. The number of aliphatic hydroxyl groups excluding tert-OH is 1. The third-order valence-electron chi connectivity index (χ3n) is 2.18. The van der Waals surface area contributed by atoms with Gasteiger partial charge in [-0.3, -0.25) is 9.97 Å². The quantitative estimate of drug-likeness (QED) is 0.804. The van der Waals surface area contributed by atoms with Gasteiger partial charge in [-0.2, -0.15) is 0 Å². The molecule has 1 N–H and O–H groups in total. The maximum atomic E-state index is 9.99. The van der Waals surface area contributed by atoms with Gasteiger partial charge in [0.15, 0.2) is 0 Å². The largest absolute Gasteiger partial charge is 0.380 e. The summed E-state index contributed by atoms with van der Waals surface area (Å²) in [5, 5.41) is 9.99. The van der Waals surface area contributed by atoms with Crippen molar-refractivity contribution in [3.8, 4) is 0 Å². The van der Waals surface area contributed by atoms with Crippen molar-refractivity contribution < 1.29 is 5.11 Å². The van der Waals surface area contributed by atoms with E-state index in [1.54, 1.807) is 18.5 Å². The first-order valence-electron chi connectivity index (χ1n) is 4.79. The van der Waals surface area contributed by atoms with E-state index in [-0.39, 0.29) is 0 Å². The second kappa shape index (κ2) is 4.19. The van der Waals surface area contributed by atoms with Crippen LogP contribution in [-0.2, 0) is 0 Å². The molecule has 3 heteroatoms. The zero-order chi connectivity index (χ0) is 10.7. The van der Waals surface area contributed by atoms with Gasteiger partial charge in [0.25, 0.3) is 0 Å². The molecule has 0 fully saturated rings. The van der Waals surface area contributed by atoms with Crippen LogP contribution in [0.1, 0.15) is 23.1 Å². The van der Waals surface area contributed by atoms with Gasteiger partial charge in [0.05, 0.1) is 11.4 Å². The molecule has 0 amide bonds. The minimum absolute atomic E-state index is 0.621. The molecule has 0 aliphatic heterocycles. The lowest BCUT2D eigenvalue weighted by atomic mass is 10.1. The number of aromatic nitrogens is 2. The lowest BCUT2D eigenvalue weighted by Crippen LogP contribution is -2.04. The Hall–Kier alpha value is -1.74. The predicted molar refractivity (Wildman–Crippen MR) is 57.3 cm³/mol. The summed E-state index contributed by atoms with van der Waals surface area (Å²) in [6.45, 7) is 1.97. The summed E-state index contributed by atoms with van der Waals surface area (Å²) in [7, 11) is 0. The fourth-order valence-electron chi connectivity index (χ4n) is 1.40.